The summed E-state index contributed by atoms with van der Waals surface area (Å²) in [5.74, 6) is -0.871. The smallest absolute Gasteiger partial charge is 0.410 e. The van der Waals surface area contributed by atoms with Crippen molar-refractivity contribution < 1.29 is 33.3 Å². The molecular formula is C25H46N2O7. The number of amides is 2. The highest BCUT2D eigenvalue weighted by atomic mass is 16.6. The van der Waals surface area contributed by atoms with Gasteiger partial charge in [-0.15, -0.1) is 0 Å². The Morgan fingerprint density at radius 1 is 1.09 bits per heavy atom. The first-order chi connectivity index (χ1) is 15.8. The maximum absolute atomic E-state index is 13.5. The van der Waals surface area contributed by atoms with Gasteiger partial charge in [-0.2, -0.15) is 0 Å². The molecule has 0 aromatic heterocycles. The predicted octanol–water partition coefficient (Wildman–Crippen LogP) is 3.49. The first-order valence-electron chi connectivity index (χ1n) is 12.2. The number of rotatable bonds is 11. The third-order valence-electron chi connectivity index (χ3n) is 6.75. The number of likely N-dealkylation sites (tertiary alicyclic amines) is 1. The van der Waals surface area contributed by atoms with Crippen LogP contribution in [0.5, 0.6) is 0 Å². The fourth-order valence-electron chi connectivity index (χ4n) is 4.79. The van der Waals surface area contributed by atoms with E-state index in [0.29, 0.717) is 6.54 Å². The summed E-state index contributed by atoms with van der Waals surface area (Å²) in [6.45, 7) is 11.9. The standard InChI is InChI=1S/C25H46N2O7/c1-11-16(2)21(26(7)24(30)34-25(4,5)6)19(31-8)15-20(28)27-14-12-13-18(27)22(32-9)17(3)23(29)33-10/h16-19,21-22H,11-15H2,1-10H3/t16-,17?,18-,19+,21-,22?/m0/s1. The Hall–Kier alpha value is -1.87. The lowest BCUT2D eigenvalue weighted by atomic mass is 9.90. The Morgan fingerprint density at radius 3 is 2.18 bits per heavy atom. The summed E-state index contributed by atoms with van der Waals surface area (Å²) in [4.78, 5) is 41.8. The van der Waals surface area contributed by atoms with Gasteiger partial charge < -0.3 is 28.7 Å². The van der Waals surface area contributed by atoms with E-state index in [0.717, 1.165) is 19.3 Å². The zero-order valence-corrected chi connectivity index (χ0v) is 22.8. The molecule has 1 aliphatic heterocycles. The van der Waals surface area contributed by atoms with Crippen LogP contribution in [-0.2, 0) is 28.5 Å². The van der Waals surface area contributed by atoms with Gasteiger partial charge in [0.2, 0.25) is 5.91 Å². The van der Waals surface area contributed by atoms with Crippen LogP contribution < -0.4 is 0 Å². The molecule has 0 bridgehead atoms. The molecule has 0 saturated carbocycles. The van der Waals surface area contributed by atoms with Crippen molar-refractivity contribution in [3.05, 3.63) is 0 Å². The van der Waals surface area contributed by atoms with E-state index >= 15 is 0 Å². The third-order valence-corrected chi connectivity index (χ3v) is 6.75. The highest BCUT2D eigenvalue weighted by Crippen LogP contribution is 2.29. The largest absolute Gasteiger partial charge is 0.469 e. The molecule has 198 valence electrons. The normalized spacial score (nSPS) is 20.8. The average Bonchev–Trinajstić information content (AvgIpc) is 3.26. The van der Waals surface area contributed by atoms with Crippen LogP contribution in [0.3, 0.4) is 0 Å². The van der Waals surface area contributed by atoms with Crippen molar-refractivity contribution in [1.82, 2.24) is 9.80 Å². The molecular weight excluding hydrogens is 440 g/mol. The summed E-state index contributed by atoms with van der Waals surface area (Å²) in [5.41, 5.74) is -0.627. The van der Waals surface area contributed by atoms with Crippen LogP contribution in [0.25, 0.3) is 0 Å². The minimum atomic E-state index is -0.627. The fourth-order valence-corrected chi connectivity index (χ4v) is 4.79. The summed E-state index contributed by atoms with van der Waals surface area (Å²) >= 11 is 0. The van der Waals surface area contributed by atoms with E-state index in [1.165, 1.54) is 7.11 Å². The van der Waals surface area contributed by atoms with Crippen LogP contribution in [-0.4, -0.2) is 92.6 Å². The van der Waals surface area contributed by atoms with Crippen LogP contribution in [0.4, 0.5) is 4.79 Å². The van der Waals surface area contributed by atoms with Crippen molar-refractivity contribution in [2.24, 2.45) is 11.8 Å². The summed E-state index contributed by atoms with van der Waals surface area (Å²) in [7, 11) is 6.16. The summed E-state index contributed by atoms with van der Waals surface area (Å²) < 4.78 is 21.9. The molecule has 2 amide bonds. The summed E-state index contributed by atoms with van der Waals surface area (Å²) in [6.07, 6.45) is 1.07. The highest BCUT2D eigenvalue weighted by molar-refractivity contribution is 5.78. The molecule has 1 aliphatic rings. The van der Waals surface area contributed by atoms with Gasteiger partial charge in [-0.05, 0) is 46.5 Å². The molecule has 1 heterocycles. The van der Waals surface area contributed by atoms with E-state index in [2.05, 4.69) is 0 Å². The van der Waals surface area contributed by atoms with Gasteiger partial charge in [0.25, 0.3) is 0 Å². The van der Waals surface area contributed by atoms with Crippen LogP contribution in [0.2, 0.25) is 0 Å². The SMILES string of the molecule is CC[C@H](C)[C@@H]([C@@H](CC(=O)N1CCC[C@H]1C(OC)C(C)C(=O)OC)OC)N(C)C(=O)OC(C)(C)C. The van der Waals surface area contributed by atoms with Gasteiger partial charge in [-0.25, -0.2) is 4.79 Å². The van der Waals surface area contributed by atoms with Crippen LogP contribution in [0.15, 0.2) is 0 Å². The average molecular weight is 487 g/mol. The molecule has 0 N–H and O–H groups in total. The van der Waals surface area contributed by atoms with Crippen molar-refractivity contribution in [3.8, 4) is 0 Å². The summed E-state index contributed by atoms with van der Waals surface area (Å²) in [6, 6.07) is -0.572. The summed E-state index contributed by atoms with van der Waals surface area (Å²) in [5, 5.41) is 0. The van der Waals surface area contributed by atoms with Crippen molar-refractivity contribution in [2.45, 2.75) is 97.1 Å². The molecule has 0 radical (unpaired) electrons. The molecule has 2 unspecified atom stereocenters. The third kappa shape index (κ3) is 7.83. The molecule has 0 aromatic carbocycles. The number of methoxy groups -OCH3 is 3. The molecule has 1 saturated heterocycles. The molecule has 9 heteroatoms. The maximum atomic E-state index is 13.5. The van der Waals surface area contributed by atoms with E-state index < -0.39 is 29.8 Å². The quantitative estimate of drug-likeness (QED) is 0.413. The van der Waals surface area contributed by atoms with Crippen molar-refractivity contribution in [1.29, 1.82) is 0 Å². The number of esters is 1. The number of nitrogens with zero attached hydrogens (tertiary/aromatic N) is 2. The molecule has 1 rings (SSSR count). The first kappa shape index (κ1) is 30.2. The maximum Gasteiger partial charge on any atom is 0.410 e. The Labute approximate surface area is 205 Å². The molecule has 0 spiro atoms. The van der Waals surface area contributed by atoms with Crippen LogP contribution >= 0.6 is 0 Å². The number of carbonyl (C=O) groups excluding carboxylic acids is 3. The Balaban J connectivity index is 3.09. The highest BCUT2D eigenvalue weighted by Gasteiger charge is 2.42. The van der Waals surface area contributed by atoms with Crippen LogP contribution in [0, 0.1) is 11.8 Å². The van der Waals surface area contributed by atoms with E-state index in [-0.39, 0.29) is 36.3 Å². The Morgan fingerprint density at radius 2 is 1.71 bits per heavy atom. The number of ether oxygens (including phenoxy) is 4. The number of likely N-dealkylation sites (N-methyl/N-ethyl adjacent to an activating group) is 1. The Kier molecular flexibility index (Phi) is 11.8. The van der Waals surface area contributed by atoms with Gasteiger partial charge in [0.1, 0.15) is 5.60 Å². The minimum absolute atomic E-state index is 0.0794. The van der Waals surface area contributed by atoms with Crippen molar-refractivity contribution in [2.75, 3.05) is 34.9 Å². The second kappa shape index (κ2) is 13.3. The second-order valence-corrected chi connectivity index (χ2v) is 10.3. The second-order valence-electron chi connectivity index (χ2n) is 10.3. The lowest BCUT2D eigenvalue weighted by Gasteiger charge is -2.39. The topological polar surface area (TPSA) is 94.6 Å². The monoisotopic (exact) mass is 486 g/mol. The minimum Gasteiger partial charge on any atom is -0.469 e. The number of carbonyl (C=O) groups is 3. The molecule has 6 atom stereocenters. The number of hydrogen-bond acceptors (Lipinski definition) is 7. The van der Waals surface area contributed by atoms with Crippen molar-refractivity contribution >= 4 is 18.0 Å². The molecule has 1 fully saturated rings. The van der Waals surface area contributed by atoms with E-state index in [1.807, 2.05) is 34.6 Å². The molecule has 34 heavy (non-hydrogen) atoms. The molecule has 0 aromatic rings. The first-order valence-corrected chi connectivity index (χ1v) is 12.2. The van der Waals surface area contributed by atoms with Gasteiger partial charge >= 0.3 is 12.1 Å². The Bertz CT molecular complexity index is 679. The van der Waals surface area contributed by atoms with Gasteiger partial charge in [0.05, 0.1) is 43.7 Å². The van der Waals surface area contributed by atoms with Gasteiger partial charge in [0.15, 0.2) is 0 Å². The lowest BCUT2D eigenvalue weighted by molar-refractivity contribution is -0.154. The molecule has 9 nitrogen and oxygen atoms in total. The lowest BCUT2D eigenvalue weighted by Crippen LogP contribution is -2.53. The van der Waals surface area contributed by atoms with E-state index in [1.54, 1.807) is 38.0 Å². The zero-order chi connectivity index (χ0) is 26.2. The fraction of sp³-hybridized carbons (Fsp3) is 0.880. The van der Waals surface area contributed by atoms with Gasteiger partial charge in [0, 0.05) is 27.8 Å². The predicted molar refractivity (Wildman–Crippen MR) is 129 cm³/mol. The van der Waals surface area contributed by atoms with Gasteiger partial charge in [-0.3, -0.25) is 9.59 Å². The van der Waals surface area contributed by atoms with E-state index in [4.69, 9.17) is 18.9 Å². The molecule has 0 aliphatic carbocycles. The number of hydrogen-bond donors (Lipinski definition) is 0. The van der Waals surface area contributed by atoms with Crippen LogP contribution in [0.1, 0.15) is 67.2 Å². The van der Waals surface area contributed by atoms with Gasteiger partial charge in [-0.1, -0.05) is 20.3 Å². The van der Waals surface area contributed by atoms with E-state index in [9.17, 15) is 14.4 Å². The van der Waals surface area contributed by atoms with Crippen molar-refractivity contribution in [3.63, 3.8) is 0 Å². The zero-order valence-electron chi connectivity index (χ0n) is 22.8.